The van der Waals surface area contributed by atoms with Crippen LogP contribution in [-0.4, -0.2) is 27.8 Å². The minimum Gasteiger partial charge on any atom is -0.491 e. The van der Waals surface area contributed by atoms with Gasteiger partial charge >= 0.3 is 0 Å². The standard InChI is InChI=1S/C29H25N3O3/c1-19(2)35-23-12-10-22(11-13-23)26-27(31-25-9-5-7-21-6-3-4-8-24(21)25)29(34)32(28(26)33)18-20-14-16-30-17-15-20/h3-17,19,31H,18H2,1-2H3. The van der Waals surface area contributed by atoms with Crippen LogP contribution in [0.1, 0.15) is 25.0 Å². The molecule has 0 atom stereocenters. The van der Waals surface area contributed by atoms with Crippen LogP contribution in [0.4, 0.5) is 5.69 Å². The number of carbonyl (C=O) groups excluding carboxylic acids is 2. The average molecular weight is 464 g/mol. The molecule has 3 aromatic carbocycles. The first-order chi connectivity index (χ1) is 17.0. The molecule has 0 unspecified atom stereocenters. The highest BCUT2D eigenvalue weighted by molar-refractivity contribution is 6.36. The summed E-state index contributed by atoms with van der Waals surface area (Å²) in [4.78, 5) is 32.5. The second kappa shape index (κ2) is 9.43. The number of imide groups is 1. The van der Waals surface area contributed by atoms with Gasteiger partial charge in [-0.1, -0.05) is 48.5 Å². The van der Waals surface area contributed by atoms with Crippen molar-refractivity contribution >= 4 is 33.8 Å². The number of rotatable bonds is 7. The lowest BCUT2D eigenvalue weighted by Gasteiger charge is -2.15. The van der Waals surface area contributed by atoms with Gasteiger partial charge in [-0.25, -0.2) is 0 Å². The van der Waals surface area contributed by atoms with Crippen molar-refractivity contribution in [1.29, 1.82) is 0 Å². The van der Waals surface area contributed by atoms with Crippen LogP contribution in [0.3, 0.4) is 0 Å². The van der Waals surface area contributed by atoms with E-state index in [0.29, 0.717) is 16.9 Å². The van der Waals surface area contributed by atoms with Crippen molar-refractivity contribution < 1.29 is 14.3 Å². The number of hydrogen-bond acceptors (Lipinski definition) is 5. The van der Waals surface area contributed by atoms with Crippen LogP contribution in [0.5, 0.6) is 5.75 Å². The number of nitrogens with zero attached hydrogens (tertiary/aromatic N) is 2. The van der Waals surface area contributed by atoms with Crippen molar-refractivity contribution in [3.63, 3.8) is 0 Å². The minimum absolute atomic E-state index is 0.0363. The summed E-state index contributed by atoms with van der Waals surface area (Å²) in [5.41, 5.74) is 2.85. The van der Waals surface area contributed by atoms with E-state index in [4.69, 9.17) is 4.74 Å². The van der Waals surface area contributed by atoms with E-state index in [1.54, 1.807) is 24.5 Å². The summed E-state index contributed by atoms with van der Waals surface area (Å²) in [7, 11) is 0. The third kappa shape index (κ3) is 4.51. The Morgan fingerprint density at radius 1 is 0.857 bits per heavy atom. The van der Waals surface area contributed by atoms with Gasteiger partial charge in [-0.15, -0.1) is 0 Å². The molecule has 35 heavy (non-hydrogen) atoms. The summed E-state index contributed by atoms with van der Waals surface area (Å²) in [5, 5.41) is 5.31. The van der Waals surface area contributed by atoms with Gasteiger partial charge in [0.25, 0.3) is 11.8 Å². The van der Waals surface area contributed by atoms with Crippen LogP contribution in [0.25, 0.3) is 16.3 Å². The first kappa shape index (κ1) is 22.3. The van der Waals surface area contributed by atoms with E-state index in [2.05, 4.69) is 10.3 Å². The van der Waals surface area contributed by atoms with Crippen molar-refractivity contribution in [3.8, 4) is 5.75 Å². The number of pyridine rings is 1. The fourth-order valence-electron chi connectivity index (χ4n) is 4.22. The first-order valence-electron chi connectivity index (χ1n) is 11.5. The predicted octanol–water partition coefficient (Wildman–Crippen LogP) is 5.41. The summed E-state index contributed by atoms with van der Waals surface area (Å²) in [6.45, 7) is 4.08. The molecule has 5 rings (SSSR count). The Bertz CT molecular complexity index is 1420. The number of aromatic nitrogens is 1. The number of carbonyl (C=O) groups is 2. The van der Waals surface area contributed by atoms with Gasteiger partial charge in [0.2, 0.25) is 0 Å². The normalized spacial score (nSPS) is 13.7. The largest absolute Gasteiger partial charge is 0.491 e. The van der Waals surface area contributed by atoms with E-state index in [0.717, 1.165) is 22.0 Å². The molecule has 0 bridgehead atoms. The Balaban J connectivity index is 1.57. The van der Waals surface area contributed by atoms with Gasteiger partial charge in [0.05, 0.1) is 18.2 Å². The molecule has 1 N–H and O–H groups in total. The third-order valence-electron chi connectivity index (χ3n) is 5.82. The van der Waals surface area contributed by atoms with Crippen molar-refractivity contribution in [2.24, 2.45) is 0 Å². The van der Waals surface area contributed by atoms with Crippen LogP contribution in [0, 0.1) is 0 Å². The maximum absolute atomic E-state index is 13.6. The van der Waals surface area contributed by atoms with E-state index in [-0.39, 0.29) is 30.2 Å². The van der Waals surface area contributed by atoms with Crippen molar-refractivity contribution in [3.05, 3.63) is 108 Å². The number of nitrogens with one attached hydrogen (secondary N) is 1. The average Bonchev–Trinajstić information content (AvgIpc) is 3.09. The molecule has 6 heteroatoms. The summed E-state index contributed by atoms with van der Waals surface area (Å²) in [6, 6.07) is 24.7. The molecular formula is C29H25N3O3. The Hall–Kier alpha value is -4.45. The maximum atomic E-state index is 13.6. The fraction of sp³-hybridized carbons (Fsp3) is 0.138. The number of anilines is 1. The Kier molecular flexibility index (Phi) is 6.02. The summed E-state index contributed by atoms with van der Waals surface area (Å²) in [5.74, 6) is 0.00246. The monoisotopic (exact) mass is 463 g/mol. The molecule has 1 aliphatic heterocycles. The maximum Gasteiger partial charge on any atom is 0.278 e. The zero-order valence-corrected chi connectivity index (χ0v) is 19.6. The van der Waals surface area contributed by atoms with Crippen molar-refractivity contribution in [2.75, 3.05) is 5.32 Å². The number of amides is 2. The highest BCUT2D eigenvalue weighted by atomic mass is 16.5. The van der Waals surface area contributed by atoms with Crippen LogP contribution >= 0.6 is 0 Å². The molecule has 2 amide bonds. The van der Waals surface area contributed by atoms with Gasteiger partial charge in [-0.05, 0) is 60.7 Å². The van der Waals surface area contributed by atoms with E-state index in [9.17, 15) is 9.59 Å². The zero-order chi connectivity index (χ0) is 24.4. The Labute approximate surface area is 203 Å². The van der Waals surface area contributed by atoms with Gasteiger partial charge in [0, 0.05) is 23.5 Å². The van der Waals surface area contributed by atoms with Crippen molar-refractivity contribution in [2.45, 2.75) is 26.5 Å². The summed E-state index contributed by atoms with van der Waals surface area (Å²) in [6.07, 6.45) is 3.34. The second-order valence-corrected chi connectivity index (χ2v) is 8.64. The Morgan fingerprint density at radius 3 is 2.31 bits per heavy atom. The first-order valence-corrected chi connectivity index (χ1v) is 11.5. The molecule has 1 aromatic heterocycles. The SMILES string of the molecule is CC(C)Oc1ccc(C2=C(Nc3cccc4ccccc34)C(=O)N(Cc3ccncc3)C2=O)cc1. The molecule has 174 valence electrons. The highest BCUT2D eigenvalue weighted by Gasteiger charge is 2.39. The molecule has 6 nitrogen and oxygen atoms in total. The molecular weight excluding hydrogens is 438 g/mol. The Morgan fingerprint density at radius 2 is 1.57 bits per heavy atom. The molecule has 4 aromatic rings. The van der Waals surface area contributed by atoms with Gasteiger partial charge in [0.1, 0.15) is 11.4 Å². The van der Waals surface area contributed by atoms with Crippen LogP contribution in [0.15, 0.2) is 97.0 Å². The summed E-state index contributed by atoms with van der Waals surface area (Å²) < 4.78 is 5.75. The lowest BCUT2D eigenvalue weighted by atomic mass is 10.0. The molecule has 1 aliphatic rings. The van der Waals surface area contributed by atoms with Crippen molar-refractivity contribution in [1.82, 2.24) is 9.88 Å². The van der Waals surface area contributed by atoms with Gasteiger partial charge < -0.3 is 10.1 Å². The van der Waals surface area contributed by atoms with Gasteiger partial charge in [-0.2, -0.15) is 0 Å². The highest BCUT2D eigenvalue weighted by Crippen LogP contribution is 2.34. The van der Waals surface area contributed by atoms with E-state index < -0.39 is 0 Å². The second-order valence-electron chi connectivity index (χ2n) is 8.64. The summed E-state index contributed by atoms with van der Waals surface area (Å²) >= 11 is 0. The number of ether oxygens (including phenoxy) is 1. The van der Waals surface area contributed by atoms with Crippen LogP contribution < -0.4 is 10.1 Å². The van der Waals surface area contributed by atoms with E-state index >= 15 is 0 Å². The molecule has 0 spiro atoms. The number of hydrogen-bond donors (Lipinski definition) is 1. The smallest absolute Gasteiger partial charge is 0.278 e. The van der Waals surface area contributed by atoms with Crippen LogP contribution in [0.2, 0.25) is 0 Å². The molecule has 0 saturated heterocycles. The van der Waals surface area contributed by atoms with Gasteiger partial charge in [-0.3, -0.25) is 19.5 Å². The predicted molar refractivity (Wildman–Crippen MR) is 136 cm³/mol. The number of fused-ring (bicyclic) bond motifs is 1. The molecule has 0 aliphatic carbocycles. The lowest BCUT2D eigenvalue weighted by molar-refractivity contribution is -0.137. The minimum atomic E-state index is -0.364. The molecule has 0 fully saturated rings. The third-order valence-corrected chi connectivity index (χ3v) is 5.82. The zero-order valence-electron chi connectivity index (χ0n) is 19.6. The van der Waals surface area contributed by atoms with E-state index in [1.165, 1.54) is 4.90 Å². The lowest BCUT2D eigenvalue weighted by Crippen LogP contribution is -2.32. The molecule has 2 heterocycles. The van der Waals surface area contributed by atoms with Gasteiger partial charge in [0.15, 0.2) is 0 Å². The van der Waals surface area contributed by atoms with E-state index in [1.807, 2.05) is 80.6 Å². The molecule has 0 saturated carbocycles. The number of benzene rings is 3. The topological polar surface area (TPSA) is 71.5 Å². The fourth-order valence-corrected chi connectivity index (χ4v) is 4.22. The quantitative estimate of drug-likeness (QED) is 0.371. The molecule has 0 radical (unpaired) electrons. The van der Waals surface area contributed by atoms with Crippen LogP contribution in [-0.2, 0) is 16.1 Å².